The Hall–Kier alpha value is -0.110. The van der Waals surface area contributed by atoms with Gasteiger partial charge in [-0.15, -0.1) is 0 Å². The van der Waals surface area contributed by atoms with Crippen molar-refractivity contribution in [1.29, 1.82) is 0 Å². The van der Waals surface area contributed by atoms with Gasteiger partial charge in [-0.2, -0.15) is 0 Å². The van der Waals surface area contributed by atoms with Crippen molar-refractivity contribution >= 4 is 22.2 Å². The predicted molar refractivity (Wildman–Crippen MR) is 75.3 cm³/mol. The van der Waals surface area contributed by atoms with Crippen LogP contribution in [0, 0.1) is 22.7 Å². The number of hydrogen-bond donors (Lipinski definition) is 0. The van der Waals surface area contributed by atoms with Gasteiger partial charge in [0.2, 0.25) is 0 Å². The van der Waals surface area contributed by atoms with Gasteiger partial charge in [0, 0.05) is 10.7 Å². The maximum absolute atomic E-state index is 11.5. The summed E-state index contributed by atoms with van der Waals surface area (Å²) in [6.45, 7) is 11.1. The minimum absolute atomic E-state index is 0.0699. The number of aldehydes is 1. The minimum Gasteiger partial charge on any atom is -0.303 e. The predicted octanol–water partition coefficient (Wildman–Crippen LogP) is 4.36. The molecular weight excluding hydrogens is 276 g/mol. The van der Waals surface area contributed by atoms with Gasteiger partial charge in [-0.05, 0) is 42.4 Å². The highest BCUT2D eigenvalue weighted by atomic mass is 79.9. The van der Waals surface area contributed by atoms with E-state index in [9.17, 15) is 4.79 Å². The first-order valence-electron chi connectivity index (χ1n) is 6.61. The number of carbonyl (C=O) groups excluding carboxylic acids is 1. The summed E-state index contributed by atoms with van der Waals surface area (Å²) in [6.07, 6.45) is 5.66. The molecule has 0 aliphatic heterocycles. The molecule has 96 valence electrons. The molecule has 17 heavy (non-hydrogen) atoms. The second-order valence-electron chi connectivity index (χ2n) is 6.70. The number of carbonyl (C=O) groups is 1. The molecule has 0 spiro atoms. The zero-order chi connectivity index (χ0) is 12.8. The number of fused-ring (bicyclic) bond motifs is 1. The van der Waals surface area contributed by atoms with Crippen LogP contribution in [0.4, 0.5) is 0 Å². The Kier molecular flexibility index (Phi) is 3.31. The third kappa shape index (κ3) is 1.83. The molecule has 1 nitrogen and oxygen atoms in total. The van der Waals surface area contributed by atoms with Gasteiger partial charge in [0.25, 0.3) is 0 Å². The molecule has 2 heteroatoms. The fourth-order valence-electron chi connectivity index (χ4n) is 4.33. The van der Waals surface area contributed by atoms with Crippen molar-refractivity contribution in [2.24, 2.45) is 22.7 Å². The quantitative estimate of drug-likeness (QED) is 0.399. The van der Waals surface area contributed by atoms with E-state index in [0.29, 0.717) is 10.7 Å². The van der Waals surface area contributed by atoms with Crippen molar-refractivity contribution in [1.82, 2.24) is 0 Å². The molecule has 0 amide bonds. The highest BCUT2D eigenvalue weighted by molar-refractivity contribution is 9.09. The van der Waals surface area contributed by atoms with E-state index in [4.69, 9.17) is 0 Å². The number of halogens is 1. The van der Waals surface area contributed by atoms with Gasteiger partial charge < -0.3 is 4.79 Å². The highest BCUT2D eigenvalue weighted by Gasteiger charge is 2.55. The molecule has 0 bridgehead atoms. The number of allylic oxidation sites excluding steroid dienone is 1. The van der Waals surface area contributed by atoms with Gasteiger partial charge in [-0.3, -0.25) is 0 Å². The van der Waals surface area contributed by atoms with E-state index in [1.165, 1.54) is 6.42 Å². The Labute approximate surface area is 113 Å². The number of rotatable bonds is 1. The lowest BCUT2D eigenvalue weighted by Crippen LogP contribution is -2.53. The Morgan fingerprint density at radius 2 is 2.00 bits per heavy atom. The van der Waals surface area contributed by atoms with E-state index in [2.05, 4.69) is 43.3 Å². The summed E-state index contributed by atoms with van der Waals surface area (Å²) in [5.41, 5.74) is 1.56. The van der Waals surface area contributed by atoms with Crippen LogP contribution in [-0.4, -0.2) is 11.1 Å². The molecule has 0 aromatic carbocycles. The van der Waals surface area contributed by atoms with Crippen LogP contribution in [0.5, 0.6) is 0 Å². The molecule has 2 aliphatic rings. The zero-order valence-corrected chi connectivity index (χ0v) is 12.7. The zero-order valence-electron chi connectivity index (χ0n) is 11.1. The molecule has 4 atom stereocenters. The van der Waals surface area contributed by atoms with Gasteiger partial charge >= 0.3 is 0 Å². The van der Waals surface area contributed by atoms with Crippen molar-refractivity contribution in [3.05, 3.63) is 12.2 Å². The summed E-state index contributed by atoms with van der Waals surface area (Å²) in [7, 11) is 0. The van der Waals surface area contributed by atoms with Crippen molar-refractivity contribution in [2.75, 3.05) is 0 Å². The third-order valence-electron chi connectivity index (χ3n) is 5.48. The van der Waals surface area contributed by atoms with Crippen LogP contribution in [0.2, 0.25) is 0 Å². The lowest BCUT2D eigenvalue weighted by molar-refractivity contribution is -0.120. The minimum atomic E-state index is 0.0699. The first-order chi connectivity index (χ1) is 7.84. The topological polar surface area (TPSA) is 17.1 Å². The molecule has 0 aromatic rings. The van der Waals surface area contributed by atoms with Crippen molar-refractivity contribution in [3.63, 3.8) is 0 Å². The van der Waals surface area contributed by atoms with E-state index in [1.807, 2.05) is 0 Å². The lowest BCUT2D eigenvalue weighted by Gasteiger charge is -2.58. The molecule has 0 heterocycles. The lowest BCUT2D eigenvalue weighted by atomic mass is 9.48. The smallest absolute Gasteiger partial charge is 0.127 e. The van der Waals surface area contributed by atoms with Crippen LogP contribution in [0.25, 0.3) is 0 Å². The van der Waals surface area contributed by atoms with Gasteiger partial charge in [0.15, 0.2) is 0 Å². The molecule has 0 saturated heterocycles. The van der Waals surface area contributed by atoms with Crippen LogP contribution in [-0.2, 0) is 4.79 Å². The maximum Gasteiger partial charge on any atom is 0.127 e. The fourth-order valence-corrected chi connectivity index (χ4v) is 4.88. The monoisotopic (exact) mass is 298 g/mol. The van der Waals surface area contributed by atoms with E-state index in [1.54, 1.807) is 0 Å². The molecule has 2 fully saturated rings. The molecular formula is C15H23BrO. The molecule has 0 aromatic heterocycles. The van der Waals surface area contributed by atoms with Gasteiger partial charge in [0.05, 0.1) is 0 Å². The summed E-state index contributed by atoms with van der Waals surface area (Å²) < 4.78 is 0. The molecule has 0 radical (unpaired) electrons. The molecule has 2 aliphatic carbocycles. The van der Waals surface area contributed by atoms with Crippen LogP contribution in [0.1, 0.15) is 46.5 Å². The first-order valence-corrected chi connectivity index (χ1v) is 7.52. The van der Waals surface area contributed by atoms with E-state index < -0.39 is 0 Å². The van der Waals surface area contributed by atoms with E-state index >= 15 is 0 Å². The first kappa shape index (κ1) is 13.3. The van der Waals surface area contributed by atoms with Crippen LogP contribution >= 0.6 is 15.9 Å². The van der Waals surface area contributed by atoms with Crippen LogP contribution < -0.4 is 0 Å². The molecule has 0 unspecified atom stereocenters. The van der Waals surface area contributed by atoms with Gasteiger partial charge in [0.1, 0.15) is 6.29 Å². The van der Waals surface area contributed by atoms with Gasteiger partial charge in [-0.25, -0.2) is 0 Å². The second-order valence-corrected chi connectivity index (χ2v) is 7.80. The van der Waals surface area contributed by atoms with Gasteiger partial charge in [-0.1, -0.05) is 48.9 Å². The Balaban J connectivity index is 2.40. The normalized spacial score (nSPS) is 45.2. The number of alkyl halides is 1. The van der Waals surface area contributed by atoms with Crippen LogP contribution in [0.15, 0.2) is 12.2 Å². The average molecular weight is 299 g/mol. The third-order valence-corrected chi connectivity index (χ3v) is 7.12. The molecule has 0 N–H and O–H groups in total. The standard InChI is InChI=1S/C15H23BrO/c1-10-5-6-12-14(2,3)13(16)7-8-15(12,4)11(10)9-17/h9,11-13H,1,5-8H2,2-4H3/t11-,12-,13+,15-/m1/s1. The maximum atomic E-state index is 11.5. The Morgan fingerprint density at radius 1 is 1.35 bits per heavy atom. The SMILES string of the molecule is C=C1CC[C@@H]2C(C)(C)[C@@H](Br)CC[C@]2(C)[C@@H]1C=O. The Bertz CT molecular complexity index is 347. The largest absolute Gasteiger partial charge is 0.303 e. The van der Waals surface area contributed by atoms with E-state index in [0.717, 1.165) is 31.1 Å². The summed E-state index contributed by atoms with van der Waals surface area (Å²) in [4.78, 5) is 12.0. The average Bonchev–Trinajstić information content (AvgIpc) is 2.24. The van der Waals surface area contributed by atoms with Crippen molar-refractivity contribution in [3.8, 4) is 0 Å². The summed E-state index contributed by atoms with van der Waals surface area (Å²) in [6, 6.07) is 0. The fraction of sp³-hybridized carbons (Fsp3) is 0.800. The summed E-state index contributed by atoms with van der Waals surface area (Å²) in [5, 5.41) is 0. The van der Waals surface area contributed by atoms with E-state index in [-0.39, 0.29) is 16.7 Å². The summed E-state index contributed by atoms with van der Waals surface area (Å²) >= 11 is 3.84. The summed E-state index contributed by atoms with van der Waals surface area (Å²) in [5.74, 6) is 0.689. The molecule has 2 saturated carbocycles. The van der Waals surface area contributed by atoms with Crippen molar-refractivity contribution < 1.29 is 4.79 Å². The van der Waals surface area contributed by atoms with Crippen LogP contribution in [0.3, 0.4) is 0 Å². The highest BCUT2D eigenvalue weighted by Crippen LogP contribution is 2.61. The Morgan fingerprint density at radius 3 is 2.59 bits per heavy atom. The molecule has 2 rings (SSSR count). The number of hydrogen-bond acceptors (Lipinski definition) is 1. The van der Waals surface area contributed by atoms with Crippen molar-refractivity contribution in [2.45, 2.75) is 51.3 Å². The second kappa shape index (κ2) is 4.22.